The van der Waals surface area contributed by atoms with Crippen LogP contribution < -0.4 is 11.1 Å². The van der Waals surface area contributed by atoms with Crippen LogP contribution >= 0.6 is 0 Å². The lowest BCUT2D eigenvalue weighted by molar-refractivity contribution is 0.349. The zero-order valence-corrected chi connectivity index (χ0v) is 8.95. The first-order valence-electron chi connectivity index (χ1n) is 5.90. The van der Waals surface area contributed by atoms with Crippen LogP contribution in [0, 0.1) is 0 Å². The van der Waals surface area contributed by atoms with Crippen molar-refractivity contribution in [2.24, 2.45) is 0 Å². The number of piperidine rings is 1. The number of anilines is 1. The minimum atomic E-state index is 0.464. The molecule has 15 heavy (non-hydrogen) atoms. The van der Waals surface area contributed by atoms with E-state index in [1.807, 2.05) is 4.68 Å². The molecule has 1 saturated heterocycles. The Morgan fingerprint density at radius 2 is 2.27 bits per heavy atom. The fourth-order valence-corrected chi connectivity index (χ4v) is 2.34. The third kappa shape index (κ3) is 1.74. The van der Waals surface area contributed by atoms with Crippen LogP contribution in [0.3, 0.4) is 0 Å². The van der Waals surface area contributed by atoms with Crippen molar-refractivity contribution in [1.82, 2.24) is 15.1 Å². The molecule has 2 heterocycles. The summed E-state index contributed by atoms with van der Waals surface area (Å²) in [7, 11) is 0. The monoisotopic (exact) mass is 206 g/mol. The molecular formula is C11H18N4. The van der Waals surface area contributed by atoms with Gasteiger partial charge in [-0.2, -0.15) is 5.10 Å². The van der Waals surface area contributed by atoms with Crippen LogP contribution in [0.25, 0.3) is 0 Å². The molecule has 1 atom stereocenters. The van der Waals surface area contributed by atoms with E-state index in [4.69, 9.17) is 5.73 Å². The Labute approximate surface area is 89.8 Å². The summed E-state index contributed by atoms with van der Waals surface area (Å²) in [6, 6.07) is 2.53. The van der Waals surface area contributed by atoms with E-state index < -0.39 is 0 Å². The van der Waals surface area contributed by atoms with E-state index >= 15 is 0 Å². The molecule has 4 nitrogen and oxygen atoms in total. The summed E-state index contributed by atoms with van der Waals surface area (Å²) in [4.78, 5) is 0. The number of hydrogen-bond acceptors (Lipinski definition) is 3. The van der Waals surface area contributed by atoms with Crippen molar-refractivity contribution in [3.63, 3.8) is 0 Å². The smallest absolute Gasteiger partial charge is 0.122 e. The van der Waals surface area contributed by atoms with Crippen molar-refractivity contribution in [2.45, 2.75) is 37.6 Å². The summed E-state index contributed by atoms with van der Waals surface area (Å²) in [5.74, 6) is 1.54. The highest BCUT2D eigenvalue weighted by atomic mass is 15.3. The molecule has 0 aromatic carbocycles. The summed E-state index contributed by atoms with van der Waals surface area (Å²) in [6.45, 7) is 2.14. The molecule has 1 aromatic rings. The molecule has 1 saturated carbocycles. The second-order valence-electron chi connectivity index (χ2n) is 4.71. The van der Waals surface area contributed by atoms with Crippen LogP contribution in [0.15, 0.2) is 6.07 Å². The first-order chi connectivity index (χ1) is 7.34. The maximum atomic E-state index is 6.01. The lowest BCUT2D eigenvalue weighted by Gasteiger charge is -2.23. The number of nitrogens with two attached hydrogens (primary N) is 1. The summed E-state index contributed by atoms with van der Waals surface area (Å²) < 4.78 is 2.03. The Bertz CT molecular complexity index is 347. The summed E-state index contributed by atoms with van der Waals surface area (Å²) in [6.07, 6.45) is 5.00. The van der Waals surface area contributed by atoms with Gasteiger partial charge >= 0.3 is 0 Å². The number of aromatic nitrogens is 2. The predicted molar refractivity (Wildman–Crippen MR) is 59.8 cm³/mol. The maximum Gasteiger partial charge on any atom is 0.122 e. The van der Waals surface area contributed by atoms with Crippen LogP contribution in [0.1, 0.15) is 43.3 Å². The van der Waals surface area contributed by atoms with Crippen molar-refractivity contribution >= 4 is 5.82 Å². The topological polar surface area (TPSA) is 55.9 Å². The fraction of sp³-hybridized carbons (Fsp3) is 0.727. The lowest BCUT2D eigenvalue weighted by atomic mass is 10.1. The van der Waals surface area contributed by atoms with E-state index in [1.165, 1.54) is 31.4 Å². The highest BCUT2D eigenvalue weighted by molar-refractivity contribution is 5.34. The SMILES string of the molecule is Nc1cc(C2CC2)nn1[C@H]1CCCNC1. The van der Waals surface area contributed by atoms with Crippen molar-refractivity contribution in [1.29, 1.82) is 0 Å². The van der Waals surface area contributed by atoms with Gasteiger partial charge in [-0.05, 0) is 32.2 Å². The van der Waals surface area contributed by atoms with Crippen LogP contribution in [0.2, 0.25) is 0 Å². The first-order valence-corrected chi connectivity index (χ1v) is 5.90. The van der Waals surface area contributed by atoms with Gasteiger partial charge in [0.2, 0.25) is 0 Å². The molecule has 0 radical (unpaired) electrons. The molecular weight excluding hydrogens is 188 g/mol. The summed E-state index contributed by atoms with van der Waals surface area (Å²) >= 11 is 0. The molecule has 0 amide bonds. The van der Waals surface area contributed by atoms with Crippen molar-refractivity contribution in [2.75, 3.05) is 18.8 Å². The third-order valence-corrected chi connectivity index (χ3v) is 3.40. The highest BCUT2D eigenvalue weighted by Crippen LogP contribution is 2.40. The zero-order chi connectivity index (χ0) is 10.3. The van der Waals surface area contributed by atoms with E-state index in [0.29, 0.717) is 12.0 Å². The Balaban J connectivity index is 1.82. The molecule has 4 heteroatoms. The van der Waals surface area contributed by atoms with Gasteiger partial charge in [0, 0.05) is 18.5 Å². The Hall–Kier alpha value is -1.03. The predicted octanol–water partition coefficient (Wildman–Crippen LogP) is 1.27. The average molecular weight is 206 g/mol. The minimum Gasteiger partial charge on any atom is -0.384 e. The van der Waals surface area contributed by atoms with E-state index in [-0.39, 0.29) is 0 Å². The van der Waals surface area contributed by atoms with Gasteiger partial charge < -0.3 is 11.1 Å². The second-order valence-corrected chi connectivity index (χ2v) is 4.71. The van der Waals surface area contributed by atoms with Crippen molar-refractivity contribution in [3.05, 3.63) is 11.8 Å². The largest absolute Gasteiger partial charge is 0.384 e. The van der Waals surface area contributed by atoms with E-state index in [9.17, 15) is 0 Å². The second kappa shape index (κ2) is 3.52. The molecule has 2 fully saturated rings. The third-order valence-electron chi connectivity index (χ3n) is 3.40. The summed E-state index contributed by atoms with van der Waals surface area (Å²) in [5.41, 5.74) is 7.22. The van der Waals surface area contributed by atoms with Crippen LogP contribution in [0.5, 0.6) is 0 Å². The number of nitrogen functional groups attached to an aromatic ring is 1. The number of rotatable bonds is 2. The van der Waals surface area contributed by atoms with E-state index in [1.54, 1.807) is 0 Å². The molecule has 1 aliphatic heterocycles. The van der Waals surface area contributed by atoms with Gasteiger partial charge in [-0.1, -0.05) is 0 Å². The fourth-order valence-electron chi connectivity index (χ4n) is 2.34. The maximum absolute atomic E-state index is 6.01. The lowest BCUT2D eigenvalue weighted by Crippen LogP contribution is -2.32. The molecule has 1 aromatic heterocycles. The molecule has 0 unspecified atom stereocenters. The van der Waals surface area contributed by atoms with E-state index in [0.717, 1.165) is 18.9 Å². The number of nitrogens with one attached hydrogen (secondary N) is 1. The number of nitrogens with zero attached hydrogens (tertiary/aromatic N) is 2. The van der Waals surface area contributed by atoms with Crippen molar-refractivity contribution in [3.8, 4) is 0 Å². The van der Waals surface area contributed by atoms with Gasteiger partial charge in [-0.25, -0.2) is 4.68 Å². The molecule has 0 spiro atoms. The zero-order valence-electron chi connectivity index (χ0n) is 8.95. The number of hydrogen-bond donors (Lipinski definition) is 2. The Morgan fingerprint density at radius 3 is 2.93 bits per heavy atom. The van der Waals surface area contributed by atoms with Crippen LogP contribution in [0.4, 0.5) is 5.82 Å². The van der Waals surface area contributed by atoms with Gasteiger partial charge in [-0.3, -0.25) is 0 Å². The van der Waals surface area contributed by atoms with Gasteiger partial charge in [0.15, 0.2) is 0 Å². The van der Waals surface area contributed by atoms with Gasteiger partial charge in [0.1, 0.15) is 5.82 Å². The quantitative estimate of drug-likeness (QED) is 0.766. The average Bonchev–Trinajstić information content (AvgIpc) is 3.04. The molecule has 2 aliphatic rings. The van der Waals surface area contributed by atoms with E-state index in [2.05, 4.69) is 16.5 Å². The normalized spacial score (nSPS) is 26.8. The molecule has 0 bridgehead atoms. The summed E-state index contributed by atoms with van der Waals surface area (Å²) in [5, 5.41) is 8.05. The Morgan fingerprint density at radius 1 is 1.40 bits per heavy atom. The molecule has 82 valence electrons. The highest BCUT2D eigenvalue weighted by Gasteiger charge is 2.28. The van der Waals surface area contributed by atoms with Gasteiger partial charge in [0.05, 0.1) is 11.7 Å². The van der Waals surface area contributed by atoms with Crippen molar-refractivity contribution < 1.29 is 0 Å². The molecule has 3 rings (SSSR count). The Kier molecular flexibility index (Phi) is 2.16. The standard InChI is InChI=1S/C11H18N4/c12-11-6-10(8-3-4-8)14-15(11)9-2-1-5-13-7-9/h6,8-9,13H,1-5,7,12H2/t9-/m0/s1. The van der Waals surface area contributed by atoms with Crippen LogP contribution in [-0.2, 0) is 0 Å². The van der Waals surface area contributed by atoms with Crippen LogP contribution in [-0.4, -0.2) is 22.9 Å². The van der Waals surface area contributed by atoms with Gasteiger partial charge in [0.25, 0.3) is 0 Å². The minimum absolute atomic E-state index is 0.464. The molecule has 1 aliphatic carbocycles. The van der Waals surface area contributed by atoms with Gasteiger partial charge in [-0.15, -0.1) is 0 Å². The first kappa shape index (κ1) is 9.21. The molecule has 3 N–H and O–H groups in total.